The van der Waals surface area contributed by atoms with Crippen LogP contribution in [-0.2, 0) is 4.79 Å². The van der Waals surface area contributed by atoms with Gasteiger partial charge in [0.05, 0.1) is 12.7 Å². The number of amides is 2. The van der Waals surface area contributed by atoms with Crippen molar-refractivity contribution >= 4 is 18.5 Å². The number of aryl methyl sites for hydroxylation is 1. The van der Waals surface area contributed by atoms with E-state index in [1.165, 1.54) is 19.9 Å². The quantitative estimate of drug-likeness (QED) is 0.188. The zero-order valence-corrected chi connectivity index (χ0v) is 19.8. The van der Waals surface area contributed by atoms with E-state index in [0.717, 1.165) is 43.5 Å². The standard InChI is InChI=1S/C24H22F5N3O5/c1-5-14(10-16(31-3)22(30)33)32-23(34)20-12(2)8-13(21(25)26)9-19(20)36-17-7-6-15(11-18(17)35-4)37-24(27,28)29/h5-11,21H,3H2,1-2,4H3,(H2,30,33)(H,32,34)/b14-5+,16-10-. The van der Waals surface area contributed by atoms with E-state index in [1.54, 1.807) is 0 Å². The Morgan fingerprint density at radius 1 is 1.14 bits per heavy atom. The SMILES string of the molecule is C=N/C(=C\C(=C/C)NC(=O)c1c(C)cc(C(F)F)cc1Oc1ccc(OC(F)(F)F)cc1OC)C(N)=O. The lowest BCUT2D eigenvalue weighted by molar-refractivity contribution is -0.274. The molecule has 0 saturated heterocycles. The first kappa shape index (κ1) is 28.8. The van der Waals surface area contributed by atoms with Crippen LogP contribution in [0.5, 0.6) is 23.0 Å². The third kappa shape index (κ3) is 7.78. The number of carbonyl (C=O) groups excluding carboxylic acids is 2. The van der Waals surface area contributed by atoms with E-state index in [2.05, 4.69) is 21.8 Å². The van der Waals surface area contributed by atoms with Gasteiger partial charge in [0, 0.05) is 17.3 Å². The summed E-state index contributed by atoms with van der Waals surface area (Å²) >= 11 is 0. The van der Waals surface area contributed by atoms with Crippen molar-refractivity contribution in [3.8, 4) is 23.0 Å². The van der Waals surface area contributed by atoms with Crippen LogP contribution in [0.25, 0.3) is 0 Å². The first-order chi connectivity index (χ1) is 17.3. The lowest BCUT2D eigenvalue weighted by atomic mass is 10.0. The molecular weight excluding hydrogens is 505 g/mol. The van der Waals surface area contributed by atoms with E-state index in [-0.39, 0.29) is 39.8 Å². The summed E-state index contributed by atoms with van der Waals surface area (Å²) in [6.07, 6.45) is -5.32. The van der Waals surface area contributed by atoms with Crippen LogP contribution in [0.15, 0.2) is 58.9 Å². The number of allylic oxidation sites excluding steroid dienone is 2. The highest BCUT2D eigenvalue weighted by Gasteiger charge is 2.31. The third-order valence-corrected chi connectivity index (χ3v) is 4.67. The van der Waals surface area contributed by atoms with Gasteiger partial charge in [-0.25, -0.2) is 8.78 Å². The monoisotopic (exact) mass is 527 g/mol. The van der Waals surface area contributed by atoms with Gasteiger partial charge >= 0.3 is 6.36 Å². The van der Waals surface area contributed by atoms with E-state index in [0.29, 0.717) is 0 Å². The first-order valence-electron chi connectivity index (χ1n) is 10.3. The number of nitrogens with zero attached hydrogens (tertiary/aromatic N) is 1. The molecule has 0 aromatic heterocycles. The third-order valence-electron chi connectivity index (χ3n) is 4.67. The molecule has 0 aliphatic heterocycles. The van der Waals surface area contributed by atoms with E-state index in [1.807, 2.05) is 0 Å². The van der Waals surface area contributed by atoms with E-state index in [4.69, 9.17) is 15.2 Å². The number of alkyl halides is 5. The second-order valence-electron chi connectivity index (χ2n) is 7.22. The summed E-state index contributed by atoms with van der Waals surface area (Å²) in [6.45, 7) is 6.14. The summed E-state index contributed by atoms with van der Waals surface area (Å²) in [4.78, 5) is 28.0. The normalized spacial score (nSPS) is 12.2. The van der Waals surface area contributed by atoms with Crippen molar-refractivity contribution in [2.24, 2.45) is 10.7 Å². The molecule has 0 atom stereocenters. The Bertz CT molecular complexity index is 1260. The van der Waals surface area contributed by atoms with Gasteiger partial charge in [0.2, 0.25) is 0 Å². The number of nitrogens with two attached hydrogens (primary N) is 1. The Labute approximate surface area is 208 Å². The fourth-order valence-corrected chi connectivity index (χ4v) is 3.05. The molecule has 0 radical (unpaired) electrons. The molecule has 2 rings (SSSR count). The van der Waals surface area contributed by atoms with Crippen LogP contribution in [0.2, 0.25) is 0 Å². The Morgan fingerprint density at radius 3 is 2.32 bits per heavy atom. The number of benzene rings is 2. The zero-order chi connectivity index (χ0) is 27.9. The number of hydrogen-bond acceptors (Lipinski definition) is 6. The Balaban J connectivity index is 2.54. The summed E-state index contributed by atoms with van der Waals surface area (Å²) in [5, 5.41) is 2.49. The zero-order valence-electron chi connectivity index (χ0n) is 19.8. The van der Waals surface area contributed by atoms with Crippen molar-refractivity contribution in [3.63, 3.8) is 0 Å². The van der Waals surface area contributed by atoms with Gasteiger partial charge < -0.3 is 25.3 Å². The van der Waals surface area contributed by atoms with Crippen LogP contribution in [0.1, 0.15) is 34.8 Å². The van der Waals surface area contributed by atoms with E-state index >= 15 is 0 Å². The Kier molecular flexibility index (Phi) is 9.36. The fourth-order valence-electron chi connectivity index (χ4n) is 3.05. The van der Waals surface area contributed by atoms with Crippen LogP contribution < -0.4 is 25.3 Å². The Morgan fingerprint density at radius 2 is 1.81 bits per heavy atom. The molecule has 13 heteroatoms. The maximum absolute atomic E-state index is 13.5. The van der Waals surface area contributed by atoms with Gasteiger partial charge in [0.25, 0.3) is 18.2 Å². The molecule has 0 heterocycles. The number of aliphatic imine (C=N–C) groups is 1. The van der Waals surface area contributed by atoms with Gasteiger partial charge in [-0.3, -0.25) is 14.6 Å². The molecule has 0 aliphatic rings. The van der Waals surface area contributed by atoms with Gasteiger partial charge in [-0.2, -0.15) is 0 Å². The van der Waals surface area contributed by atoms with Crippen LogP contribution in [0.4, 0.5) is 22.0 Å². The molecule has 37 heavy (non-hydrogen) atoms. The Hall–Kier alpha value is -4.42. The largest absolute Gasteiger partial charge is 0.573 e. The maximum atomic E-state index is 13.5. The molecule has 8 nitrogen and oxygen atoms in total. The van der Waals surface area contributed by atoms with Gasteiger partial charge in [-0.15, -0.1) is 13.2 Å². The number of carbonyl (C=O) groups is 2. The molecule has 0 saturated carbocycles. The number of hydrogen-bond donors (Lipinski definition) is 2. The van der Waals surface area contributed by atoms with Crippen molar-refractivity contribution in [2.75, 3.05) is 7.11 Å². The minimum atomic E-state index is -4.96. The number of primary amides is 1. The molecule has 3 N–H and O–H groups in total. The fraction of sp³-hybridized carbons (Fsp3) is 0.208. The van der Waals surface area contributed by atoms with Gasteiger partial charge in [-0.1, -0.05) is 6.08 Å². The van der Waals surface area contributed by atoms with Crippen molar-refractivity contribution in [2.45, 2.75) is 26.6 Å². The van der Waals surface area contributed by atoms with Crippen LogP contribution in [-0.4, -0.2) is 32.0 Å². The van der Waals surface area contributed by atoms with Crippen molar-refractivity contribution in [1.82, 2.24) is 5.32 Å². The van der Waals surface area contributed by atoms with Crippen molar-refractivity contribution < 1.29 is 45.8 Å². The summed E-state index contributed by atoms with van der Waals surface area (Å²) in [5.74, 6) is -3.09. The molecule has 2 amide bonds. The highest BCUT2D eigenvalue weighted by atomic mass is 19.4. The topological polar surface area (TPSA) is 112 Å². The predicted octanol–water partition coefficient (Wildman–Crippen LogP) is 5.34. The number of rotatable bonds is 10. The van der Waals surface area contributed by atoms with Crippen LogP contribution >= 0.6 is 0 Å². The lowest BCUT2D eigenvalue weighted by Crippen LogP contribution is -2.24. The molecule has 0 bridgehead atoms. The van der Waals surface area contributed by atoms with Crippen molar-refractivity contribution in [3.05, 3.63) is 70.6 Å². The lowest BCUT2D eigenvalue weighted by Gasteiger charge is -2.18. The number of nitrogens with one attached hydrogen (secondary N) is 1. The molecule has 0 aliphatic carbocycles. The highest BCUT2D eigenvalue weighted by molar-refractivity contribution is 6.00. The molecule has 0 fully saturated rings. The average molecular weight is 527 g/mol. The average Bonchev–Trinajstić information content (AvgIpc) is 2.80. The summed E-state index contributed by atoms with van der Waals surface area (Å²) in [6, 6.07) is 4.85. The minimum absolute atomic E-state index is 0.0840. The van der Waals surface area contributed by atoms with E-state index < -0.39 is 35.9 Å². The number of methoxy groups -OCH3 is 1. The van der Waals surface area contributed by atoms with Gasteiger partial charge in [0.15, 0.2) is 11.5 Å². The maximum Gasteiger partial charge on any atom is 0.573 e. The van der Waals surface area contributed by atoms with E-state index in [9.17, 15) is 31.5 Å². The number of halogens is 5. The highest BCUT2D eigenvalue weighted by Crippen LogP contribution is 2.39. The predicted molar refractivity (Wildman–Crippen MR) is 124 cm³/mol. The second-order valence-corrected chi connectivity index (χ2v) is 7.22. The smallest absolute Gasteiger partial charge is 0.493 e. The van der Waals surface area contributed by atoms with Crippen LogP contribution in [0.3, 0.4) is 0 Å². The molecule has 198 valence electrons. The molecular formula is C24H22F5N3O5. The molecule has 0 spiro atoms. The molecule has 0 unspecified atom stereocenters. The molecule has 2 aromatic carbocycles. The van der Waals surface area contributed by atoms with Gasteiger partial charge in [0.1, 0.15) is 17.2 Å². The molecule has 2 aromatic rings. The summed E-state index contributed by atoms with van der Waals surface area (Å²) in [5.41, 5.74) is 4.46. The van der Waals surface area contributed by atoms with Crippen molar-refractivity contribution in [1.29, 1.82) is 0 Å². The minimum Gasteiger partial charge on any atom is -0.493 e. The summed E-state index contributed by atoms with van der Waals surface area (Å²) < 4.78 is 79.2. The van der Waals surface area contributed by atoms with Gasteiger partial charge in [-0.05, 0) is 56.5 Å². The first-order valence-corrected chi connectivity index (χ1v) is 10.3. The second kappa shape index (κ2) is 12.0. The van der Waals surface area contributed by atoms with Crippen LogP contribution in [0, 0.1) is 6.92 Å². The number of ether oxygens (including phenoxy) is 3. The summed E-state index contributed by atoms with van der Waals surface area (Å²) in [7, 11) is 1.14.